The normalized spacial score (nSPS) is 14.4. The van der Waals surface area contributed by atoms with Gasteiger partial charge in [-0.2, -0.15) is 0 Å². The van der Waals surface area contributed by atoms with Crippen LogP contribution in [0, 0.1) is 0 Å². The summed E-state index contributed by atoms with van der Waals surface area (Å²) < 4.78 is 13.5. The second-order valence-corrected chi connectivity index (χ2v) is 19.4. The fourth-order valence-electron chi connectivity index (χ4n) is 13.4. The Balaban J connectivity index is 1.01. The molecule has 0 aromatic heterocycles. The molecule has 0 bridgehead atoms. The summed E-state index contributed by atoms with van der Waals surface area (Å²) in [5.41, 5.74) is 16.5. The molecular formula is C68H41NO2. The summed E-state index contributed by atoms with van der Waals surface area (Å²) in [5.74, 6) is 3.52. The van der Waals surface area contributed by atoms with Crippen molar-refractivity contribution in [2.24, 2.45) is 0 Å². The third-order valence-electron chi connectivity index (χ3n) is 16.2. The molecule has 3 heteroatoms. The van der Waals surface area contributed by atoms with E-state index < -0.39 is 10.8 Å². The Kier molecular flexibility index (Phi) is 7.75. The van der Waals surface area contributed by atoms with Crippen LogP contribution in [0.4, 0.5) is 17.1 Å². The van der Waals surface area contributed by atoms with Gasteiger partial charge in [-0.25, -0.2) is 0 Å². The van der Waals surface area contributed by atoms with Crippen LogP contribution in [0.3, 0.4) is 0 Å². The summed E-state index contributed by atoms with van der Waals surface area (Å²) in [4.78, 5) is 2.51. The van der Waals surface area contributed by atoms with Crippen LogP contribution in [0.2, 0.25) is 0 Å². The van der Waals surface area contributed by atoms with Gasteiger partial charge >= 0.3 is 0 Å². The van der Waals surface area contributed by atoms with Crippen LogP contribution in [0.5, 0.6) is 23.0 Å². The Labute approximate surface area is 411 Å². The van der Waals surface area contributed by atoms with Crippen LogP contribution < -0.4 is 14.4 Å². The number of benzene rings is 12. The lowest BCUT2D eigenvalue weighted by Crippen LogP contribution is -2.32. The first-order chi connectivity index (χ1) is 35.2. The molecule has 12 aromatic rings. The van der Waals surface area contributed by atoms with Crippen molar-refractivity contribution in [2.75, 3.05) is 4.90 Å². The van der Waals surface area contributed by atoms with Crippen molar-refractivity contribution in [3.8, 4) is 45.3 Å². The first kappa shape index (κ1) is 38.8. The van der Waals surface area contributed by atoms with E-state index in [9.17, 15) is 0 Å². The third-order valence-corrected chi connectivity index (χ3v) is 16.2. The van der Waals surface area contributed by atoms with Crippen molar-refractivity contribution < 1.29 is 9.47 Å². The quantitative estimate of drug-likeness (QED) is 0.165. The van der Waals surface area contributed by atoms with E-state index in [1.165, 1.54) is 76.8 Å². The van der Waals surface area contributed by atoms with E-state index in [-0.39, 0.29) is 0 Å². The lowest BCUT2D eigenvalue weighted by molar-refractivity contribution is 0.436. The molecule has 0 radical (unpaired) electrons. The molecule has 2 aliphatic heterocycles. The number of nitrogens with zero attached hydrogens (tertiary/aromatic N) is 1. The lowest BCUT2D eigenvalue weighted by atomic mass is 9.66. The fourth-order valence-corrected chi connectivity index (χ4v) is 13.4. The molecule has 2 heterocycles. The maximum absolute atomic E-state index is 6.77. The maximum atomic E-state index is 6.77. The molecule has 4 aliphatic rings. The number of hydrogen-bond acceptors (Lipinski definition) is 3. The molecule has 2 aliphatic carbocycles. The van der Waals surface area contributed by atoms with Gasteiger partial charge < -0.3 is 14.4 Å². The van der Waals surface area contributed by atoms with E-state index in [1.54, 1.807) is 0 Å². The van der Waals surface area contributed by atoms with Gasteiger partial charge in [0.25, 0.3) is 0 Å². The molecule has 16 rings (SSSR count). The van der Waals surface area contributed by atoms with Crippen LogP contribution >= 0.6 is 0 Å². The van der Waals surface area contributed by atoms with Crippen LogP contribution in [-0.2, 0) is 10.8 Å². The highest BCUT2D eigenvalue weighted by Crippen LogP contribution is 2.65. The van der Waals surface area contributed by atoms with Crippen LogP contribution in [-0.4, -0.2) is 0 Å². The summed E-state index contributed by atoms with van der Waals surface area (Å²) in [7, 11) is 0. The minimum Gasteiger partial charge on any atom is -0.457 e. The first-order valence-electron chi connectivity index (χ1n) is 24.6. The molecular weight excluding hydrogens is 863 g/mol. The van der Waals surface area contributed by atoms with Gasteiger partial charge in [-0.15, -0.1) is 0 Å². The summed E-state index contributed by atoms with van der Waals surface area (Å²) in [6.45, 7) is 0. The summed E-state index contributed by atoms with van der Waals surface area (Å²) in [5, 5.41) is 7.46. The maximum Gasteiger partial charge on any atom is 0.132 e. The molecule has 0 atom stereocenters. The van der Waals surface area contributed by atoms with Gasteiger partial charge in [-0.05, 0) is 137 Å². The van der Waals surface area contributed by atoms with E-state index in [1.807, 2.05) is 0 Å². The van der Waals surface area contributed by atoms with Crippen LogP contribution in [0.25, 0.3) is 54.6 Å². The predicted octanol–water partition coefficient (Wildman–Crippen LogP) is 17.6. The number of anilines is 3. The van der Waals surface area contributed by atoms with Crippen molar-refractivity contribution in [1.29, 1.82) is 0 Å². The number of fused-ring (bicyclic) bond motifs is 24. The Hall–Kier alpha value is -9.18. The second kappa shape index (κ2) is 14.2. The molecule has 0 amide bonds. The second-order valence-electron chi connectivity index (χ2n) is 19.4. The zero-order valence-corrected chi connectivity index (χ0v) is 38.4. The monoisotopic (exact) mass is 903 g/mol. The lowest BCUT2D eigenvalue weighted by Gasteiger charge is -2.40. The average Bonchev–Trinajstić information content (AvgIpc) is 3.89. The SMILES string of the molecule is c1ccc2c(c1)Oc1ccccc1C21c2ccccc2-c2ccc(N(c3ccc4c(c3)C3(c5ccccc5Oc5ccccc53)c3ccccc3-4)c3ccc4c5ccccc5c5ccccc5c4c3)cc21. The van der Waals surface area contributed by atoms with Crippen molar-refractivity contribution >= 4 is 49.4 Å². The summed E-state index contributed by atoms with van der Waals surface area (Å²) in [6.07, 6.45) is 0. The van der Waals surface area contributed by atoms with Crippen molar-refractivity contribution in [2.45, 2.75) is 10.8 Å². The van der Waals surface area contributed by atoms with Crippen molar-refractivity contribution in [3.05, 3.63) is 293 Å². The Morgan fingerprint density at radius 1 is 0.225 bits per heavy atom. The van der Waals surface area contributed by atoms with Crippen molar-refractivity contribution in [3.63, 3.8) is 0 Å². The number of hydrogen-bond donors (Lipinski definition) is 0. The molecule has 3 nitrogen and oxygen atoms in total. The molecule has 0 N–H and O–H groups in total. The van der Waals surface area contributed by atoms with Crippen LogP contribution in [0.15, 0.2) is 249 Å². The van der Waals surface area contributed by atoms with E-state index in [2.05, 4.69) is 254 Å². The molecule has 0 saturated heterocycles. The largest absolute Gasteiger partial charge is 0.457 e. The van der Waals surface area contributed by atoms with E-state index in [4.69, 9.17) is 9.47 Å². The highest BCUT2D eigenvalue weighted by Gasteiger charge is 2.53. The highest BCUT2D eigenvalue weighted by atomic mass is 16.5. The summed E-state index contributed by atoms with van der Waals surface area (Å²) >= 11 is 0. The minimum absolute atomic E-state index is 0.628. The zero-order chi connectivity index (χ0) is 46.4. The molecule has 12 aromatic carbocycles. The van der Waals surface area contributed by atoms with Gasteiger partial charge in [0.2, 0.25) is 0 Å². The van der Waals surface area contributed by atoms with E-state index in [0.717, 1.165) is 62.3 Å². The molecule has 0 fully saturated rings. The Bertz CT molecular complexity index is 3960. The van der Waals surface area contributed by atoms with E-state index >= 15 is 0 Å². The molecule has 71 heavy (non-hydrogen) atoms. The van der Waals surface area contributed by atoms with Gasteiger partial charge in [-0.1, -0.05) is 188 Å². The van der Waals surface area contributed by atoms with Gasteiger partial charge in [0.05, 0.1) is 10.8 Å². The third kappa shape index (κ3) is 4.97. The van der Waals surface area contributed by atoms with E-state index in [0.29, 0.717) is 0 Å². The molecule has 2 spiro atoms. The summed E-state index contributed by atoms with van der Waals surface area (Å²) in [6, 6.07) is 91.7. The molecule has 0 saturated carbocycles. The van der Waals surface area contributed by atoms with Gasteiger partial charge in [0.15, 0.2) is 0 Å². The standard InChI is InChI=1S/C68H41NO2/c1-2-19-47-45(17-1)46-18-3-4-20-48(46)54-39-42(33-36-49(47)54)69(43-34-37-52-50-21-5-7-23-55(50)67(61(52)40-43)57-25-9-13-29-63(57)70-64-30-14-10-26-58(64)67)44-35-38-53-51-22-6-8-24-56(51)68(62(53)41-44)59-27-11-15-31-65(59)71-66-32-16-12-28-60(66)68/h1-41H. The number of para-hydroxylation sites is 4. The fraction of sp³-hybridized carbons (Fsp3) is 0.0294. The van der Waals surface area contributed by atoms with Crippen LogP contribution in [0.1, 0.15) is 44.5 Å². The Morgan fingerprint density at radius 2 is 0.521 bits per heavy atom. The van der Waals surface area contributed by atoms with Crippen molar-refractivity contribution in [1.82, 2.24) is 0 Å². The average molecular weight is 904 g/mol. The first-order valence-corrected chi connectivity index (χ1v) is 24.6. The van der Waals surface area contributed by atoms with Gasteiger partial charge in [-0.3, -0.25) is 0 Å². The van der Waals surface area contributed by atoms with Gasteiger partial charge in [0, 0.05) is 39.3 Å². The Morgan fingerprint density at radius 3 is 0.944 bits per heavy atom. The minimum atomic E-state index is -0.628. The number of ether oxygens (including phenoxy) is 2. The molecule has 330 valence electrons. The molecule has 0 unspecified atom stereocenters. The smallest absolute Gasteiger partial charge is 0.132 e. The predicted molar refractivity (Wildman–Crippen MR) is 288 cm³/mol. The zero-order valence-electron chi connectivity index (χ0n) is 38.4. The topological polar surface area (TPSA) is 21.7 Å². The van der Waals surface area contributed by atoms with Gasteiger partial charge in [0.1, 0.15) is 23.0 Å². The highest BCUT2D eigenvalue weighted by molar-refractivity contribution is 6.25. The number of rotatable bonds is 3.